The predicted octanol–water partition coefficient (Wildman–Crippen LogP) is 3.67. The maximum atomic E-state index is 12.7. The molecule has 0 bridgehead atoms. The van der Waals surface area contributed by atoms with Crippen molar-refractivity contribution < 1.29 is 14.4 Å². The quantitative estimate of drug-likeness (QED) is 0.794. The third-order valence-electron chi connectivity index (χ3n) is 5.72. The van der Waals surface area contributed by atoms with Crippen molar-refractivity contribution in [3.63, 3.8) is 0 Å². The molecule has 2 heterocycles. The van der Waals surface area contributed by atoms with E-state index in [0.29, 0.717) is 25.8 Å². The van der Waals surface area contributed by atoms with Gasteiger partial charge in [-0.1, -0.05) is 50.6 Å². The Bertz CT molecular complexity index is 746. The largest absolute Gasteiger partial charge is 0.359 e. The van der Waals surface area contributed by atoms with E-state index in [1.54, 1.807) is 11.9 Å². The Morgan fingerprint density at radius 2 is 1.68 bits per heavy atom. The maximum Gasteiger partial charge on any atom is 0.245 e. The van der Waals surface area contributed by atoms with Gasteiger partial charge in [0.2, 0.25) is 17.7 Å². The zero-order chi connectivity index (χ0) is 23.0. The predicted molar refractivity (Wildman–Crippen MR) is 123 cm³/mol. The van der Waals surface area contributed by atoms with Crippen LogP contribution in [0.25, 0.3) is 0 Å². The van der Waals surface area contributed by atoms with Gasteiger partial charge in [0, 0.05) is 39.5 Å². The summed E-state index contributed by atoms with van der Waals surface area (Å²) in [7, 11) is 1.66. The van der Waals surface area contributed by atoms with Gasteiger partial charge in [-0.05, 0) is 43.6 Å². The van der Waals surface area contributed by atoms with Crippen LogP contribution in [0.4, 0.5) is 0 Å². The molecule has 0 radical (unpaired) electrons. The van der Waals surface area contributed by atoms with Crippen molar-refractivity contribution in [2.75, 3.05) is 20.1 Å². The molecule has 1 N–H and O–H groups in total. The molecule has 2 fully saturated rings. The smallest absolute Gasteiger partial charge is 0.245 e. The molecule has 3 rings (SSSR count). The van der Waals surface area contributed by atoms with E-state index in [1.807, 2.05) is 44.7 Å². The molecule has 172 valence electrons. The van der Waals surface area contributed by atoms with Gasteiger partial charge in [-0.2, -0.15) is 0 Å². The van der Waals surface area contributed by atoms with Crippen LogP contribution in [0.1, 0.15) is 70.4 Å². The van der Waals surface area contributed by atoms with Crippen molar-refractivity contribution >= 4 is 17.7 Å². The fourth-order valence-electron chi connectivity index (χ4n) is 3.97. The number of piperidine rings is 1. The van der Waals surface area contributed by atoms with Crippen LogP contribution in [0.3, 0.4) is 0 Å². The topological polar surface area (TPSA) is 69.7 Å². The maximum absolute atomic E-state index is 12.7. The minimum Gasteiger partial charge on any atom is -0.359 e. The zero-order valence-corrected chi connectivity index (χ0v) is 19.9. The van der Waals surface area contributed by atoms with Gasteiger partial charge in [0.1, 0.15) is 6.04 Å². The average molecular weight is 430 g/mol. The number of rotatable bonds is 4. The van der Waals surface area contributed by atoms with Crippen LogP contribution < -0.4 is 5.32 Å². The number of hydrogen-bond acceptors (Lipinski definition) is 3. The number of hydrogen-bond donors (Lipinski definition) is 1. The van der Waals surface area contributed by atoms with Gasteiger partial charge in [-0.15, -0.1) is 0 Å². The van der Waals surface area contributed by atoms with Gasteiger partial charge in [-0.25, -0.2) is 0 Å². The Labute approximate surface area is 187 Å². The highest BCUT2D eigenvalue weighted by atomic mass is 16.2. The molecule has 1 unspecified atom stereocenters. The van der Waals surface area contributed by atoms with Crippen LogP contribution in [0, 0.1) is 12.3 Å². The molecule has 2 aliphatic rings. The van der Waals surface area contributed by atoms with E-state index in [9.17, 15) is 14.4 Å². The van der Waals surface area contributed by atoms with Crippen molar-refractivity contribution in [1.29, 1.82) is 0 Å². The molecular weight excluding hydrogens is 390 g/mol. The van der Waals surface area contributed by atoms with E-state index >= 15 is 0 Å². The lowest BCUT2D eigenvalue weighted by molar-refractivity contribution is -0.142. The summed E-state index contributed by atoms with van der Waals surface area (Å²) in [5, 5.41) is 2.58. The van der Waals surface area contributed by atoms with Gasteiger partial charge in [0.05, 0.1) is 0 Å². The number of carbonyl (C=O) groups is 3. The van der Waals surface area contributed by atoms with Crippen LogP contribution in [0.15, 0.2) is 24.3 Å². The molecule has 2 saturated heterocycles. The van der Waals surface area contributed by atoms with Crippen molar-refractivity contribution in [1.82, 2.24) is 15.1 Å². The SMILES string of the molecule is CNC(=O)CC(C)(C)C.Cc1ccc(CN2C(=O)CCC2C(=O)N2CCCCC2)cc1. The minimum absolute atomic E-state index is 0.107. The average Bonchev–Trinajstić information content (AvgIpc) is 3.09. The standard InChI is InChI=1S/C18H24N2O2.C7H15NO/c1-14-5-7-15(8-6-14)13-20-16(9-10-17(20)21)18(22)19-11-3-2-4-12-19;1-7(2,3)5-6(9)8-4/h5-8,16H,2-4,9-13H2,1H3;5H2,1-4H3,(H,8,9). The number of likely N-dealkylation sites (tertiary alicyclic amines) is 2. The fourth-order valence-corrected chi connectivity index (χ4v) is 3.97. The highest BCUT2D eigenvalue weighted by Crippen LogP contribution is 2.24. The molecule has 1 aromatic rings. The molecule has 0 spiro atoms. The van der Waals surface area contributed by atoms with Crippen LogP contribution in [-0.2, 0) is 20.9 Å². The normalized spacial score (nSPS) is 19.0. The Morgan fingerprint density at radius 1 is 1.06 bits per heavy atom. The number of nitrogens with one attached hydrogen (secondary N) is 1. The summed E-state index contributed by atoms with van der Waals surface area (Å²) in [6.45, 7) is 10.4. The molecule has 0 aromatic heterocycles. The van der Waals surface area contributed by atoms with Gasteiger partial charge in [-0.3, -0.25) is 14.4 Å². The zero-order valence-electron chi connectivity index (χ0n) is 19.9. The molecular formula is C25H39N3O3. The molecule has 1 aromatic carbocycles. The Balaban J connectivity index is 0.000000323. The van der Waals surface area contributed by atoms with Crippen molar-refractivity contribution in [2.24, 2.45) is 5.41 Å². The first kappa shape index (κ1) is 24.9. The minimum atomic E-state index is -0.257. The second-order valence-electron chi connectivity index (χ2n) is 9.86. The summed E-state index contributed by atoms with van der Waals surface area (Å²) < 4.78 is 0. The highest BCUT2D eigenvalue weighted by Gasteiger charge is 2.38. The van der Waals surface area contributed by atoms with E-state index in [0.717, 1.165) is 31.5 Å². The lowest BCUT2D eigenvalue weighted by Gasteiger charge is -2.32. The molecule has 6 heteroatoms. The van der Waals surface area contributed by atoms with Crippen LogP contribution >= 0.6 is 0 Å². The first-order valence-corrected chi connectivity index (χ1v) is 11.4. The Hall–Kier alpha value is -2.37. The van der Waals surface area contributed by atoms with Gasteiger partial charge in [0.25, 0.3) is 0 Å². The van der Waals surface area contributed by atoms with Crippen molar-refractivity contribution in [3.05, 3.63) is 35.4 Å². The lowest BCUT2D eigenvalue weighted by Crippen LogP contribution is -2.48. The van der Waals surface area contributed by atoms with Crippen LogP contribution in [0.5, 0.6) is 0 Å². The highest BCUT2D eigenvalue weighted by molar-refractivity contribution is 5.91. The van der Waals surface area contributed by atoms with E-state index in [1.165, 1.54) is 12.0 Å². The molecule has 0 saturated carbocycles. The molecule has 31 heavy (non-hydrogen) atoms. The number of aryl methyl sites for hydroxylation is 1. The Morgan fingerprint density at radius 3 is 2.19 bits per heavy atom. The van der Waals surface area contributed by atoms with Crippen LogP contribution in [0.2, 0.25) is 0 Å². The molecule has 3 amide bonds. The lowest BCUT2D eigenvalue weighted by atomic mass is 9.92. The van der Waals surface area contributed by atoms with E-state index in [4.69, 9.17) is 0 Å². The van der Waals surface area contributed by atoms with Crippen molar-refractivity contribution in [2.45, 2.75) is 78.8 Å². The van der Waals surface area contributed by atoms with E-state index in [2.05, 4.69) is 17.4 Å². The molecule has 1 atom stereocenters. The van der Waals surface area contributed by atoms with Crippen LogP contribution in [-0.4, -0.2) is 53.7 Å². The summed E-state index contributed by atoms with van der Waals surface area (Å²) in [4.78, 5) is 39.4. The van der Waals surface area contributed by atoms with Gasteiger partial charge < -0.3 is 15.1 Å². The summed E-state index contributed by atoms with van der Waals surface area (Å²) in [6, 6.07) is 7.94. The number of benzene rings is 1. The van der Waals surface area contributed by atoms with E-state index < -0.39 is 0 Å². The monoisotopic (exact) mass is 429 g/mol. The third-order valence-corrected chi connectivity index (χ3v) is 5.72. The number of nitrogens with zero attached hydrogens (tertiary/aromatic N) is 2. The summed E-state index contributed by atoms with van der Waals surface area (Å²) in [5.41, 5.74) is 2.41. The van der Waals surface area contributed by atoms with Crippen molar-refractivity contribution in [3.8, 4) is 0 Å². The van der Waals surface area contributed by atoms with E-state index in [-0.39, 0.29) is 29.2 Å². The first-order valence-electron chi connectivity index (χ1n) is 11.4. The Kier molecular flexibility index (Phi) is 9.08. The third kappa shape index (κ3) is 8.00. The fraction of sp³-hybridized carbons (Fsp3) is 0.640. The molecule has 0 aliphatic carbocycles. The first-order chi connectivity index (χ1) is 14.6. The number of amides is 3. The summed E-state index contributed by atoms with van der Waals surface area (Å²) >= 11 is 0. The van der Waals surface area contributed by atoms with Gasteiger partial charge in [0.15, 0.2) is 0 Å². The number of carbonyl (C=O) groups excluding carboxylic acids is 3. The molecule has 6 nitrogen and oxygen atoms in total. The van der Waals surface area contributed by atoms with Gasteiger partial charge >= 0.3 is 0 Å². The second-order valence-corrected chi connectivity index (χ2v) is 9.86. The summed E-state index contributed by atoms with van der Waals surface area (Å²) in [6.07, 6.45) is 5.15. The second kappa shape index (κ2) is 11.3. The molecule has 2 aliphatic heterocycles. The summed E-state index contributed by atoms with van der Waals surface area (Å²) in [5.74, 6) is 0.371.